The SMILES string of the molecule is C[C@@H]1[C@@H](C)C/C=C/[C@]2(CN(C)CCO2)[C@@H]2CC[C@H]2CN2CCCCc3cc(Cl)ccc3COc3ccc(cc32)C(=O)NS1(=O)=O. The van der Waals surface area contributed by atoms with Crippen molar-refractivity contribution in [2.45, 2.75) is 69.8 Å². The Bertz CT molecular complexity index is 1550. The summed E-state index contributed by atoms with van der Waals surface area (Å²) < 4.78 is 42.3. The lowest BCUT2D eigenvalue weighted by atomic mass is 9.63. The van der Waals surface area contributed by atoms with Crippen molar-refractivity contribution in [1.29, 1.82) is 0 Å². The summed E-state index contributed by atoms with van der Waals surface area (Å²) in [4.78, 5) is 18.2. The van der Waals surface area contributed by atoms with Gasteiger partial charge >= 0.3 is 0 Å². The lowest BCUT2D eigenvalue weighted by Gasteiger charge is -2.53. The fraction of sp³-hybridized carbons (Fsp3) is 0.571. The van der Waals surface area contributed by atoms with Crippen LogP contribution in [0.15, 0.2) is 48.6 Å². The molecule has 1 saturated heterocycles. The first-order valence-corrected chi connectivity index (χ1v) is 18.3. The second-order valence-electron chi connectivity index (χ2n) is 13.6. The van der Waals surface area contributed by atoms with Crippen molar-refractivity contribution in [2.24, 2.45) is 17.8 Å². The summed E-state index contributed by atoms with van der Waals surface area (Å²) in [7, 11) is -1.76. The van der Waals surface area contributed by atoms with Crippen molar-refractivity contribution < 1.29 is 22.7 Å². The van der Waals surface area contributed by atoms with Crippen molar-refractivity contribution >= 4 is 33.2 Å². The van der Waals surface area contributed by atoms with Gasteiger partial charge in [0.25, 0.3) is 5.91 Å². The first kappa shape index (κ1) is 32.4. The Kier molecular flexibility index (Phi) is 9.53. The Morgan fingerprint density at radius 1 is 1.04 bits per heavy atom. The molecule has 45 heavy (non-hydrogen) atoms. The third-order valence-electron chi connectivity index (χ3n) is 10.5. The number of nitrogens with one attached hydrogen (secondary N) is 1. The summed E-state index contributed by atoms with van der Waals surface area (Å²) in [6.07, 6.45) is 9.96. The van der Waals surface area contributed by atoms with Crippen molar-refractivity contribution in [3.8, 4) is 5.75 Å². The number of morpholine rings is 1. The zero-order valence-electron chi connectivity index (χ0n) is 26.6. The summed E-state index contributed by atoms with van der Waals surface area (Å²) in [5, 5.41) is -0.0337. The first-order valence-electron chi connectivity index (χ1n) is 16.4. The Morgan fingerprint density at radius 3 is 2.67 bits per heavy atom. The van der Waals surface area contributed by atoms with Crippen LogP contribution in [0.3, 0.4) is 0 Å². The predicted octanol–water partition coefficient (Wildman–Crippen LogP) is 5.83. The molecule has 3 aliphatic heterocycles. The molecule has 4 aliphatic rings. The normalized spacial score (nSPS) is 31.7. The molecule has 8 nitrogen and oxygen atoms in total. The van der Waals surface area contributed by atoms with Gasteiger partial charge in [-0.2, -0.15) is 0 Å². The summed E-state index contributed by atoms with van der Waals surface area (Å²) in [6.45, 7) is 7.95. The van der Waals surface area contributed by atoms with Crippen LogP contribution in [-0.2, 0) is 27.8 Å². The zero-order valence-corrected chi connectivity index (χ0v) is 28.2. The number of likely N-dealkylation sites (N-methyl/N-ethyl adjacent to an activating group) is 1. The quantitative estimate of drug-likeness (QED) is 0.357. The first-order chi connectivity index (χ1) is 21.5. The molecule has 0 aromatic heterocycles. The minimum atomic E-state index is -3.91. The van der Waals surface area contributed by atoms with Crippen LogP contribution in [0, 0.1) is 17.8 Å². The van der Waals surface area contributed by atoms with Gasteiger partial charge < -0.3 is 19.3 Å². The number of aryl methyl sites for hydroxylation is 1. The van der Waals surface area contributed by atoms with Crippen LogP contribution < -0.4 is 14.4 Å². The maximum Gasteiger partial charge on any atom is 0.264 e. The standard InChI is InChI=1S/C35H46ClN3O5S/c1-24-7-6-15-35(23-38(3)17-18-44-35)31-13-10-28(31)21-39-16-5-4-8-26-19-30(36)12-9-29(26)22-43-33-14-11-27(20-32(33)39)34(40)37-45(41,42)25(24)2/h6,9,11-12,14-15,19-20,24-25,28,31H,4-5,7-8,10,13,16-18,21-23H2,1-3H3,(H,37,40)/b15-6+/t24-,25+,28-,31+,35-/m0/s1. The molecule has 2 aromatic carbocycles. The van der Waals surface area contributed by atoms with E-state index in [1.807, 2.05) is 37.3 Å². The summed E-state index contributed by atoms with van der Waals surface area (Å²) >= 11 is 6.36. The second kappa shape index (κ2) is 13.3. The zero-order chi connectivity index (χ0) is 31.8. The number of hydrogen-bond donors (Lipinski definition) is 1. The maximum absolute atomic E-state index is 13.5. The monoisotopic (exact) mass is 655 g/mol. The van der Waals surface area contributed by atoms with Crippen LogP contribution in [0.5, 0.6) is 5.75 Å². The van der Waals surface area contributed by atoms with E-state index in [-0.39, 0.29) is 5.92 Å². The highest BCUT2D eigenvalue weighted by atomic mass is 35.5. The summed E-state index contributed by atoms with van der Waals surface area (Å²) in [5.74, 6) is 0.606. The van der Waals surface area contributed by atoms with Gasteiger partial charge in [-0.3, -0.25) is 4.79 Å². The molecule has 0 unspecified atom stereocenters. The van der Waals surface area contributed by atoms with Crippen molar-refractivity contribution in [3.63, 3.8) is 0 Å². The second-order valence-corrected chi connectivity index (χ2v) is 16.0. The van der Waals surface area contributed by atoms with Crippen molar-refractivity contribution in [2.75, 3.05) is 44.7 Å². The number of fused-ring (bicyclic) bond motifs is 4. The van der Waals surface area contributed by atoms with Crippen LogP contribution in [0.25, 0.3) is 0 Å². The van der Waals surface area contributed by atoms with E-state index in [0.717, 1.165) is 74.6 Å². The number of rotatable bonds is 0. The van der Waals surface area contributed by atoms with Gasteiger partial charge in [-0.05, 0) is 112 Å². The van der Waals surface area contributed by atoms with E-state index in [0.29, 0.717) is 42.8 Å². The van der Waals surface area contributed by atoms with Gasteiger partial charge in [0.15, 0.2) is 0 Å². The smallest absolute Gasteiger partial charge is 0.264 e. The number of allylic oxidation sites excluding steroid dienone is 1. The minimum absolute atomic E-state index is 0.191. The fourth-order valence-corrected chi connectivity index (χ4v) is 8.92. The number of carbonyl (C=O) groups excluding carboxylic acids is 1. The Balaban J connectivity index is 1.41. The molecule has 2 fully saturated rings. The summed E-state index contributed by atoms with van der Waals surface area (Å²) in [5.41, 5.74) is 3.00. The van der Waals surface area contributed by atoms with Gasteiger partial charge in [0, 0.05) is 36.8 Å². The number of halogens is 1. The summed E-state index contributed by atoms with van der Waals surface area (Å²) in [6, 6.07) is 11.2. The number of benzene rings is 2. The molecule has 2 aromatic rings. The third kappa shape index (κ3) is 6.92. The molecule has 10 heteroatoms. The van der Waals surface area contributed by atoms with E-state index in [1.165, 1.54) is 5.56 Å². The van der Waals surface area contributed by atoms with Gasteiger partial charge in [-0.15, -0.1) is 0 Å². The molecule has 1 amide bonds. The van der Waals surface area contributed by atoms with Crippen molar-refractivity contribution in [3.05, 3.63) is 70.3 Å². The number of anilines is 1. The molecule has 6 rings (SSSR count). The van der Waals surface area contributed by atoms with E-state index in [4.69, 9.17) is 21.1 Å². The highest BCUT2D eigenvalue weighted by Crippen LogP contribution is 2.47. The third-order valence-corrected chi connectivity index (χ3v) is 12.7. The molecule has 244 valence electrons. The van der Waals surface area contributed by atoms with Crippen LogP contribution >= 0.6 is 11.6 Å². The minimum Gasteiger partial charge on any atom is -0.487 e. The number of nitrogens with zero attached hydrogens (tertiary/aromatic N) is 2. The molecule has 5 atom stereocenters. The predicted molar refractivity (Wildman–Crippen MR) is 179 cm³/mol. The number of carbonyl (C=O) groups is 1. The van der Waals surface area contributed by atoms with Crippen LogP contribution in [0.1, 0.15) is 67.4 Å². The topological polar surface area (TPSA) is 88.2 Å². The van der Waals surface area contributed by atoms with E-state index < -0.39 is 26.8 Å². The van der Waals surface area contributed by atoms with Crippen LogP contribution in [-0.4, -0.2) is 69.9 Å². The van der Waals surface area contributed by atoms with E-state index >= 15 is 0 Å². The Morgan fingerprint density at radius 2 is 1.89 bits per heavy atom. The highest BCUT2D eigenvalue weighted by Gasteiger charge is 2.49. The highest BCUT2D eigenvalue weighted by molar-refractivity contribution is 7.90. The molecule has 3 heterocycles. The van der Waals surface area contributed by atoms with Gasteiger partial charge in [0.2, 0.25) is 10.0 Å². The lowest BCUT2D eigenvalue weighted by Crippen LogP contribution is -2.59. The average molecular weight is 656 g/mol. The van der Waals surface area contributed by atoms with Gasteiger partial charge in [0.05, 0.1) is 17.5 Å². The molecule has 1 saturated carbocycles. The largest absolute Gasteiger partial charge is 0.487 e. The maximum atomic E-state index is 13.5. The van der Waals surface area contributed by atoms with Crippen molar-refractivity contribution in [1.82, 2.24) is 9.62 Å². The number of hydrogen-bond acceptors (Lipinski definition) is 7. The lowest BCUT2D eigenvalue weighted by molar-refractivity contribution is -0.139. The molecular weight excluding hydrogens is 610 g/mol. The van der Waals surface area contributed by atoms with Gasteiger partial charge in [-0.1, -0.05) is 36.7 Å². The Hall–Kier alpha value is -2.59. The average Bonchev–Trinajstić information content (AvgIpc) is 3.01. The molecule has 0 radical (unpaired) electrons. The molecule has 1 N–H and O–H groups in total. The van der Waals surface area contributed by atoms with Gasteiger partial charge in [0.1, 0.15) is 18.0 Å². The molecular formula is C35H46ClN3O5S. The van der Waals surface area contributed by atoms with E-state index in [9.17, 15) is 13.2 Å². The number of ether oxygens (including phenoxy) is 2. The van der Waals surface area contributed by atoms with Gasteiger partial charge in [-0.25, -0.2) is 13.1 Å². The molecule has 1 aliphatic carbocycles. The number of amides is 1. The Labute approximate surface area is 273 Å². The molecule has 2 bridgehead atoms. The van der Waals surface area contributed by atoms with Crippen LogP contribution in [0.2, 0.25) is 5.02 Å². The van der Waals surface area contributed by atoms with E-state index in [1.54, 1.807) is 13.0 Å². The fourth-order valence-electron chi connectivity index (χ4n) is 7.44. The molecule has 1 spiro atoms. The number of sulfonamides is 1. The van der Waals surface area contributed by atoms with Crippen LogP contribution in [0.4, 0.5) is 5.69 Å². The van der Waals surface area contributed by atoms with E-state index in [2.05, 4.69) is 33.7 Å².